The number of para-hydroxylation sites is 2. The zero-order valence-corrected chi connectivity index (χ0v) is 18.8. The highest BCUT2D eigenvalue weighted by atomic mass is 19.4. The summed E-state index contributed by atoms with van der Waals surface area (Å²) in [5.74, 6) is 0.764. The van der Waals surface area contributed by atoms with Gasteiger partial charge in [-0.2, -0.15) is 18.3 Å². The molecule has 1 aromatic carbocycles. The number of carbonyl (C=O) groups is 1. The van der Waals surface area contributed by atoms with Crippen molar-refractivity contribution in [1.29, 1.82) is 0 Å². The number of hydrogen-bond donors (Lipinski definition) is 0. The fourth-order valence-corrected chi connectivity index (χ4v) is 4.25. The number of fused-ring (bicyclic) bond motifs is 1. The molecule has 0 N–H and O–H groups in total. The number of methoxy groups -OCH3 is 1. The molecule has 0 unspecified atom stereocenters. The van der Waals surface area contributed by atoms with Gasteiger partial charge in [-0.05, 0) is 30.3 Å². The predicted molar refractivity (Wildman–Crippen MR) is 121 cm³/mol. The van der Waals surface area contributed by atoms with Gasteiger partial charge in [-0.3, -0.25) is 4.79 Å². The van der Waals surface area contributed by atoms with Crippen LogP contribution in [0.4, 0.5) is 18.9 Å². The fourth-order valence-electron chi connectivity index (χ4n) is 4.25. The third-order valence-corrected chi connectivity index (χ3v) is 6.01. The molecule has 35 heavy (non-hydrogen) atoms. The molecule has 1 fully saturated rings. The average molecular weight is 485 g/mol. The van der Waals surface area contributed by atoms with E-state index in [1.807, 2.05) is 24.3 Å². The highest BCUT2D eigenvalue weighted by Crippen LogP contribution is 2.33. The molecule has 0 bridgehead atoms. The summed E-state index contributed by atoms with van der Waals surface area (Å²) >= 11 is 0. The van der Waals surface area contributed by atoms with Crippen LogP contribution in [-0.4, -0.2) is 58.7 Å². The molecule has 1 saturated heterocycles. The van der Waals surface area contributed by atoms with Gasteiger partial charge in [0.1, 0.15) is 11.4 Å². The Morgan fingerprint density at radius 3 is 2.57 bits per heavy atom. The molecular weight excluding hydrogens is 463 g/mol. The van der Waals surface area contributed by atoms with E-state index >= 15 is 0 Å². The number of anilines is 1. The number of piperazine rings is 1. The van der Waals surface area contributed by atoms with Crippen LogP contribution in [0.25, 0.3) is 17.1 Å². The van der Waals surface area contributed by atoms with Gasteiger partial charge in [-0.25, -0.2) is 9.50 Å². The van der Waals surface area contributed by atoms with Gasteiger partial charge in [0.05, 0.1) is 31.7 Å². The lowest BCUT2D eigenvalue weighted by atomic mass is 10.1. The Morgan fingerprint density at radius 2 is 1.89 bits per heavy atom. The van der Waals surface area contributed by atoms with Gasteiger partial charge in [-0.1, -0.05) is 12.1 Å². The number of hydrogen-bond acceptors (Lipinski definition) is 6. The first kappa shape index (κ1) is 22.8. The van der Waals surface area contributed by atoms with E-state index in [4.69, 9.17) is 9.15 Å². The minimum absolute atomic E-state index is 0.0211. The molecule has 0 aliphatic carbocycles. The number of amides is 1. The average Bonchev–Trinajstić information content (AvgIpc) is 3.53. The van der Waals surface area contributed by atoms with Crippen molar-refractivity contribution in [3.63, 3.8) is 0 Å². The Bertz CT molecular complexity index is 1340. The molecule has 1 amide bonds. The Labute approximate surface area is 198 Å². The minimum atomic E-state index is -4.66. The monoisotopic (exact) mass is 485 g/mol. The van der Waals surface area contributed by atoms with Crippen LogP contribution in [-0.2, 0) is 17.4 Å². The molecule has 11 heteroatoms. The molecule has 1 aliphatic heterocycles. The van der Waals surface area contributed by atoms with E-state index in [1.54, 1.807) is 18.1 Å². The van der Waals surface area contributed by atoms with Crippen LogP contribution in [0.2, 0.25) is 0 Å². The van der Waals surface area contributed by atoms with Crippen LogP contribution in [0.15, 0.2) is 59.3 Å². The second-order valence-corrected chi connectivity index (χ2v) is 8.12. The first-order valence-electron chi connectivity index (χ1n) is 11.0. The number of halogens is 3. The van der Waals surface area contributed by atoms with Crippen molar-refractivity contribution < 1.29 is 27.1 Å². The first-order valence-corrected chi connectivity index (χ1v) is 11.0. The molecule has 0 atom stereocenters. The molecule has 0 spiro atoms. The van der Waals surface area contributed by atoms with Crippen molar-refractivity contribution >= 4 is 17.2 Å². The first-order chi connectivity index (χ1) is 16.8. The molecule has 4 aromatic rings. The highest BCUT2D eigenvalue weighted by Gasteiger charge is 2.36. The number of benzene rings is 1. The van der Waals surface area contributed by atoms with E-state index in [9.17, 15) is 18.0 Å². The Hall–Kier alpha value is -4.02. The third-order valence-electron chi connectivity index (χ3n) is 6.01. The Kier molecular flexibility index (Phi) is 5.83. The van der Waals surface area contributed by atoms with E-state index in [2.05, 4.69) is 15.0 Å². The van der Waals surface area contributed by atoms with Gasteiger partial charge < -0.3 is 19.0 Å². The lowest BCUT2D eigenvalue weighted by Crippen LogP contribution is -2.49. The van der Waals surface area contributed by atoms with Crippen LogP contribution in [0.3, 0.4) is 0 Å². The summed E-state index contributed by atoms with van der Waals surface area (Å²) in [5, 5.41) is 3.89. The smallest absolute Gasteiger partial charge is 0.433 e. The molecule has 4 heterocycles. The van der Waals surface area contributed by atoms with Crippen LogP contribution in [0.5, 0.6) is 5.75 Å². The molecule has 5 rings (SSSR count). The van der Waals surface area contributed by atoms with Gasteiger partial charge >= 0.3 is 6.18 Å². The van der Waals surface area contributed by atoms with Crippen molar-refractivity contribution in [1.82, 2.24) is 19.5 Å². The largest absolute Gasteiger partial charge is 0.495 e. The van der Waals surface area contributed by atoms with E-state index in [1.165, 1.54) is 18.5 Å². The Morgan fingerprint density at radius 1 is 1.11 bits per heavy atom. The van der Waals surface area contributed by atoms with Crippen molar-refractivity contribution in [3.8, 4) is 17.2 Å². The van der Waals surface area contributed by atoms with Crippen LogP contribution in [0.1, 0.15) is 11.3 Å². The zero-order chi connectivity index (χ0) is 24.6. The van der Waals surface area contributed by atoms with Gasteiger partial charge in [0, 0.05) is 31.7 Å². The molecular formula is C24H22F3N5O3. The Balaban J connectivity index is 1.36. The molecule has 8 nitrogen and oxygen atoms in total. The maximum absolute atomic E-state index is 13.7. The highest BCUT2D eigenvalue weighted by molar-refractivity contribution is 5.81. The van der Waals surface area contributed by atoms with Crippen molar-refractivity contribution in [2.45, 2.75) is 12.6 Å². The quantitative estimate of drug-likeness (QED) is 0.427. The lowest BCUT2D eigenvalue weighted by Gasteiger charge is -2.36. The summed E-state index contributed by atoms with van der Waals surface area (Å²) in [6.45, 7) is 2.18. The summed E-state index contributed by atoms with van der Waals surface area (Å²) in [4.78, 5) is 21.2. The summed E-state index contributed by atoms with van der Waals surface area (Å²) in [5.41, 5.74) is 0.292. The second kappa shape index (κ2) is 8.97. The molecule has 182 valence electrons. The topological polar surface area (TPSA) is 76.1 Å². The predicted octanol–water partition coefficient (Wildman–Crippen LogP) is 3.91. The SMILES string of the molecule is COc1ccccc1N1CCN(C(=O)Cc2cnn3c(C(F)(F)F)cc(-c4ccco4)nc23)CC1. The molecule has 3 aromatic heterocycles. The summed E-state index contributed by atoms with van der Waals surface area (Å²) < 4.78 is 52.6. The standard InChI is InChI=1S/C24H22F3N5O3/c1-34-20-6-3-2-5-18(20)30-8-10-31(11-9-30)22(33)13-16-15-28-32-21(24(25,26)27)14-17(29-23(16)32)19-7-4-12-35-19/h2-7,12,14-15H,8-11,13H2,1H3. The summed E-state index contributed by atoms with van der Waals surface area (Å²) in [6, 6.07) is 11.7. The summed E-state index contributed by atoms with van der Waals surface area (Å²) in [6.07, 6.45) is -2.14. The van der Waals surface area contributed by atoms with Gasteiger partial charge in [0.2, 0.25) is 5.91 Å². The van der Waals surface area contributed by atoms with E-state index in [0.29, 0.717) is 31.7 Å². The molecule has 0 saturated carbocycles. The maximum atomic E-state index is 13.7. The minimum Gasteiger partial charge on any atom is -0.495 e. The number of nitrogens with zero attached hydrogens (tertiary/aromatic N) is 5. The second-order valence-electron chi connectivity index (χ2n) is 8.12. The molecule has 0 radical (unpaired) electrons. The van der Waals surface area contributed by atoms with E-state index in [0.717, 1.165) is 22.0 Å². The van der Waals surface area contributed by atoms with Gasteiger partial charge in [0.25, 0.3) is 0 Å². The normalized spacial score (nSPS) is 14.5. The number of rotatable bonds is 5. The van der Waals surface area contributed by atoms with Gasteiger partial charge in [0.15, 0.2) is 17.1 Å². The summed E-state index contributed by atoms with van der Waals surface area (Å²) in [7, 11) is 1.62. The maximum Gasteiger partial charge on any atom is 0.433 e. The third kappa shape index (κ3) is 4.41. The van der Waals surface area contributed by atoms with E-state index < -0.39 is 11.9 Å². The fraction of sp³-hybridized carbons (Fsp3) is 0.292. The van der Waals surface area contributed by atoms with Crippen molar-refractivity contribution in [2.75, 3.05) is 38.2 Å². The number of furan rings is 1. The van der Waals surface area contributed by atoms with Crippen molar-refractivity contribution in [3.05, 3.63) is 66.2 Å². The number of alkyl halides is 3. The zero-order valence-electron chi connectivity index (χ0n) is 18.8. The van der Waals surface area contributed by atoms with Crippen molar-refractivity contribution in [2.24, 2.45) is 0 Å². The van der Waals surface area contributed by atoms with Crippen LogP contribution in [0, 0.1) is 0 Å². The number of aromatic nitrogens is 3. The number of ether oxygens (including phenoxy) is 1. The number of carbonyl (C=O) groups excluding carboxylic acids is 1. The van der Waals surface area contributed by atoms with Crippen LogP contribution < -0.4 is 9.64 Å². The van der Waals surface area contributed by atoms with Crippen LogP contribution >= 0.6 is 0 Å². The molecule has 1 aliphatic rings. The lowest BCUT2D eigenvalue weighted by molar-refractivity contribution is -0.142. The van der Waals surface area contributed by atoms with E-state index in [-0.39, 0.29) is 29.4 Å². The van der Waals surface area contributed by atoms with Gasteiger partial charge in [-0.15, -0.1) is 0 Å².